The maximum atomic E-state index is 11.1. The standard InChI is InChI=1S/C9H9N3O4S2/c1-12(2,18(15)16)7-3-4-8(10-6-17)9(5-7)11(13)14/h3-5H,1-2H3. The summed E-state index contributed by atoms with van der Waals surface area (Å²) in [5.41, 5.74) is -0.0321. The summed E-state index contributed by atoms with van der Waals surface area (Å²) in [5.74, 6) is 0. The zero-order valence-electron chi connectivity index (χ0n) is 9.52. The molecule has 0 aliphatic carbocycles. The summed E-state index contributed by atoms with van der Waals surface area (Å²) in [5, 5.41) is 12.9. The van der Waals surface area contributed by atoms with Crippen molar-refractivity contribution in [2.45, 2.75) is 0 Å². The molecule has 0 saturated heterocycles. The molecule has 0 radical (unpaired) electrons. The molecule has 18 heavy (non-hydrogen) atoms. The lowest BCUT2D eigenvalue weighted by Crippen LogP contribution is -2.41. The van der Waals surface area contributed by atoms with Gasteiger partial charge in [0.25, 0.3) is 0 Å². The van der Waals surface area contributed by atoms with Crippen LogP contribution in [0.3, 0.4) is 0 Å². The second-order valence-electron chi connectivity index (χ2n) is 3.70. The highest BCUT2D eigenvalue weighted by Crippen LogP contribution is 2.33. The Morgan fingerprint density at radius 1 is 1.50 bits per heavy atom. The van der Waals surface area contributed by atoms with E-state index in [4.69, 9.17) is 0 Å². The van der Waals surface area contributed by atoms with Crippen molar-refractivity contribution in [3.05, 3.63) is 28.3 Å². The van der Waals surface area contributed by atoms with E-state index in [0.29, 0.717) is 0 Å². The van der Waals surface area contributed by atoms with E-state index in [9.17, 15) is 18.9 Å². The Balaban J connectivity index is 3.45. The fraction of sp³-hybridized carbons (Fsp3) is 0.222. The number of aliphatic imine (C=N–C) groups is 1. The minimum absolute atomic E-state index is 0.0374. The first-order valence-electron chi connectivity index (χ1n) is 4.61. The predicted octanol–water partition coefficient (Wildman–Crippen LogP) is 1.69. The lowest BCUT2D eigenvalue weighted by molar-refractivity contribution is -0.384. The van der Waals surface area contributed by atoms with E-state index in [1.165, 1.54) is 26.2 Å². The van der Waals surface area contributed by atoms with Crippen LogP contribution >= 0.6 is 12.2 Å². The minimum atomic E-state index is -2.46. The van der Waals surface area contributed by atoms with Gasteiger partial charge in [-0.05, 0) is 18.3 Å². The number of nitrogens with zero attached hydrogens (tertiary/aromatic N) is 3. The average molecular weight is 287 g/mol. The second-order valence-corrected chi connectivity index (χ2v) is 5.23. The minimum Gasteiger partial charge on any atom is -0.724 e. The Bertz CT molecular complexity index is 567. The highest BCUT2D eigenvalue weighted by molar-refractivity contribution is 7.78. The largest absolute Gasteiger partial charge is 0.724 e. The van der Waals surface area contributed by atoms with Crippen molar-refractivity contribution in [3.63, 3.8) is 0 Å². The van der Waals surface area contributed by atoms with Gasteiger partial charge in [0, 0.05) is 6.07 Å². The van der Waals surface area contributed by atoms with Crippen molar-refractivity contribution in [3.8, 4) is 0 Å². The van der Waals surface area contributed by atoms with Gasteiger partial charge in [0.1, 0.15) is 0 Å². The van der Waals surface area contributed by atoms with Crippen molar-refractivity contribution in [2.24, 2.45) is 4.99 Å². The van der Waals surface area contributed by atoms with E-state index in [-0.39, 0.29) is 17.1 Å². The molecule has 0 fully saturated rings. The number of hydrogen-bond donors (Lipinski definition) is 0. The average Bonchev–Trinajstić information content (AvgIpc) is 2.29. The molecular formula is C9H9N3O4S2. The zero-order valence-corrected chi connectivity index (χ0v) is 11.2. The van der Waals surface area contributed by atoms with Gasteiger partial charge in [-0.25, -0.2) is 8.10 Å². The van der Waals surface area contributed by atoms with Gasteiger partial charge in [0.05, 0.1) is 30.2 Å². The van der Waals surface area contributed by atoms with E-state index in [2.05, 4.69) is 17.2 Å². The Kier molecular flexibility index (Phi) is 4.38. The molecule has 1 aromatic rings. The normalized spacial score (nSPS) is 12.6. The molecular weight excluding hydrogens is 278 g/mol. The summed E-state index contributed by atoms with van der Waals surface area (Å²) in [6.45, 7) is 0. The Hall–Kier alpha value is -1.51. The Morgan fingerprint density at radius 2 is 2.11 bits per heavy atom. The van der Waals surface area contributed by atoms with E-state index >= 15 is 0 Å². The quantitative estimate of drug-likeness (QED) is 0.210. The van der Waals surface area contributed by atoms with Gasteiger partial charge in [0.15, 0.2) is 22.6 Å². The number of quaternary nitrogens is 1. The summed E-state index contributed by atoms with van der Waals surface area (Å²) >= 11 is 1.93. The van der Waals surface area contributed by atoms with Gasteiger partial charge < -0.3 is 4.55 Å². The van der Waals surface area contributed by atoms with Gasteiger partial charge in [-0.1, -0.05) is 0 Å². The molecule has 1 rings (SSSR count). The van der Waals surface area contributed by atoms with Crippen LogP contribution in [0.2, 0.25) is 0 Å². The SMILES string of the molecule is C[N+](C)(c1ccc(N=C=S)c([N+](=O)[O-])c1)S(=O)[O-]. The first-order chi connectivity index (χ1) is 8.30. The molecule has 0 saturated carbocycles. The molecule has 1 aromatic carbocycles. The molecule has 9 heteroatoms. The third-order valence-corrected chi connectivity index (χ3v) is 3.36. The van der Waals surface area contributed by atoms with Gasteiger partial charge in [-0.15, -0.1) is 0 Å². The predicted molar refractivity (Wildman–Crippen MR) is 70.3 cm³/mol. The third kappa shape index (κ3) is 2.84. The van der Waals surface area contributed by atoms with Crippen LogP contribution in [0.5, 0.6) is 0 Å². The van der Waals surface area contributed by atoms with Crippen molar-refractivity contribution in [1.82, 2.24) is 3.89 Å². The molecule has 0 aromatic heterocycles. The first kappa shape index (κ1) is 14.6. The van der Waals surface area contributed by atoms with Gasteiger partial charge in [-0.2, -0.15) is 4.99 Å². The summed E-state index contributed by atoms with van der Waals surface area (Å²) in [6.07, 6.45) is 0. The molecule has 0 bridgehead atoms. The van der Waals surface area contributed by atoms with Crippen molar-refractivity contribution in [1.29, 1.82) is 0 Å². The highest BCUT2D eigenvalue weighted by atomic mass is 32.2. The van der Waals surface area contributed by atoms with Crippen molar-refractivity contribution >= 4 is 45.7 Å². The zero-order chi connectivity index (χ0) is 13.9. The van der Waals surface area contributed by atoms with E-state index in [1.807, 2.05) is 5.16 Å². The molecule has 1 unspecified atom stereocenters. The molecule has 96 valence electrons. The van der Waals surface area contributed by atoms with Crippen LogP contribution in [0.25, 0.3) is 0 Å². The van der Waals surface area contributed by atoms with E-state index in [1.54, 1.807) is 0 Å². The summed E-state index contributed by atoms with van der Waals surface area (Å²) < 4.78 is 21.6. The monoisotopic (exact) mass is 287 g/mol. The number of thiocarbonyl (C=S) groups is 1. The number of nitro benzene ring substituents is 1. The lowest BCUT2D eigenvalue weighted by Gasteiger charge is -2.29. The summed E-state index contributed by atoms with van der Waals surface area (Å²) in [7, 11) is 2.79. The molecule has 0 N–H and O–H groups in total. The Morgan fingerprint density at radius 3 is 2.56 bits per heavy atom. The molecule has 0 heterocycles. The van der Waals surface area contributed by atoms with Gasteiger partial charge in [0.2, 0.25) is 0 Å². The smallest absolute Gasteiger partial charge is 0.301 e. The van der Waals surface area contributed by atoms with Crippen LogP contribution in [0.15, 0.2) is 23.2 Å². The molecule has 0 aliphatic heterocycles. The molecule has 7 nitrogen and oxygen atoms in total. The van der Waals surface area contributed by atoms with Crippen LogP contribution in [0.4, 0.5) is 17.1 Å². The first-order valence-corrected chi connectivity index (χ1v) is 6.05. The molecule has 1 atom stereocenters. The van der Waals surface area contributed by atoms with Crippen LogP contribution in [0.1, 0.15) is 0 Å². The van der Waals surface area contributed by atoms with Gasteiger partial charge >= 0.3 is 5.69 Å². The topological polar surface area (TPSA) is 95.6 Å². The number of nitro groups is 1. The van der Waals surface area contributed by atoms with Crippen LogP contribution < -0.4 is 3.89 Å². The van der Waals surface area contributed by atoms with Crippen molar-refractivity contribution < 1.29 is 13.7 Å². The van der Waals surface area contributed by atoms with Crippen LogP contribution in [-0.4, -0.2) is 32.9 Å². The third-order valence-electron chi connectivity index (χ3n) is 2.32. The maximum Gasteiger partial charge on any atom is 0.301 e. The fourth-order valence-electron chi connectivity index (χ4n) is 1.22. The number of isothiocyanates is 1. The summed E-state index contributed by atoms with van der Waals surface area (Å²) in [4.78, 5) is 13.8. The fourth-order valence-corrected chi connectivity index (χ4v) is 1.61. The highest BCUT2D eigenvalue weighted by Gasteiger charge is 2.25. The lowest BCUT2D eigenvalue weighted by atomic mass is 10.2. The number of benzene rings is 1. The summed E-state index contributed by atoms with van der Waals surface area (Å²) in [6, 6.07) is 3.93. The van der Waals surface area contributed by atoms with E-state index in [0.717, 1.165) is 6.07 Å². The van der Waals surface area contributed by atoms with Gasteiger partial charge in [-0.3, -0.25) is 10.1 Å². The Labute approximate surface area is 111 Å². The maximum absolute atomic E-state index is 11.1. The molecule has 0 amide bonds. The van der Waals surface area contributed by atoms with Crippen LogP contribution in [0, 0.1) is 10.1 Å². The second kappa shape index (κ2) is 5.42. The van der Waals surface area contributed by atoms with Crippen molar-refractivity contribution in [2.75, 3.05) is 14.1 Å². The molecule has 0 aliphatic rings. The van der Waals surface area contributed by atoms with E-state index < -0.39 is 20.1 Å². The number of hydrogen-bond acceptors (Lipinski definition) is 6. The number of rotatable bonds is 4. The van der Waals surface area contributed by atoms with Crippen LogP contribution in [-0.2, 0) is 11.3 Å². The molecule has 0 spiro atoms.